The molecule has 0 atom stereocenters. The van der Waals surface area contributed by atoms with Crippen LogP contribution in [0.2, 0.25) is 0 Å². The van der Waals surface area contributed by atoms with E-state index >= 15 is 0 Å². The van der Waals surface area contributed by atoms with Crippen molar-refractivity contribution >= 4 is 17.5 Å². The van der Waals surface area contributed by atoms with E-state index < -0.39 is 11.8 Å². The zero-order valence-corrected chi connectivity index (χ0v) is 9.43. The first-order chi connectivity index (χ1) is 7.59. The minimum atomic E-state index is -0.447. The van der Waals surface area contributed by atoms with Crippen molar-refractivity contribution < 1.29 is 9.59 Å². The second kappa shape index (κ2) is 3.96. The van der Waals surface area contributed by atoms with Crippen LogP contribution in [0.25, 0.3) is 0 Å². The van der Waals surface area contributed by atoms with Gasteiger partial charge in [0.25, 0.3) is 0 Å². The summed E-state index contributed by atoms with van der Waals surface area (Å²) in [6, 6.07) is 7.61. The molecule has 4 heteroatoms. The number of hydrogen-bond acceptors (Lipinski definition) is 2. The van der Waals surface area contributed by atoms with Crippen LogP contribution in [0, 0.1) is 6.92 Å². The number of anilines is 1. The van der Waals surface area contributed by atoms with E-state index in [1.54, 1.807) is 7.05 Å². The number of nitrogens with zero attached hydrogens (tertiary/aromatic N) is 2. The van der Waals surface area contributed by atoms with Gasteiger partial charge in [0.15, 0.2) is 0 Å². The second-order valence-corrected chi connectivity index (χ2v) is 4.02. The highest BCUT2D eigenvalue weighted by molar-refractivity contribution is 6.40. The van der Waals surface area contributed by atoms with Crippen molar-refractivity contribution in [3.8, 4) is 0 Å². The number of likely N-dealkylation sites (N-methyl/N-ethyl adjacent to an activating group) is 1. The van der Waals surface area contributed by atoms with Gasteiger partial charge in [-0.2, -0.15) is 0 Å². The molecule has 1 fully saturated rings. The van der Waals surface area contributed by atoms with Gasteiger partial charge in [0.05, 0.1) is 0 Å². The Morgan fingerprint density at radius 2 is 1.62 bits per heavy atom. The largest absolute Gasteiger partial charge is 0.336 e. The molecule has 0 aromatic heterocycles. The molecule has 1 aromatic rings. The lowest BCUT2D eigenvalue weighted by Gasteiger charge is -2.31. The van der Waals surface area contributed by atoms with E-state index in [1.165, 1.54) is 9.80 Å². The predicted octanol–water partition coefficient (Wildman–Crippen LogP) is 0.800. The van der Waals surface area contributed by atoms with E-state index in [9.17, 15) is 9.59 Å². The van der Waals surface area contributed by atoms with Crippen LogP contribution >= 0.6 is 0 Å². The van der Waals surface area contributed by atoms with Crippen molar-refractivity contribution in [1.82, 2.24) is 4.90 Å². The molecule has 0 aliphatic carbocycles. The molecule has 0 N–H and O–H groups in total. The minimum absolute atomic E-state index is 0.438. The molecular formula is C12H14N2O2. The van der Waals surface area contributed by atoms with Crippen LogP contribution < -0.4 is 4.90 Å². The van der Waals surface area contributed by atoms with Crippen molar-refractivity contribution in [2.75, 3.05) is 25.0 Å². The van der Waals surface area contributed by atoms with Crippen molar-refractivity contribution in [3.05, 3.63) is 29.8 Å². The summed E-state index contributed by atoms with van der Waals surface area (Å²) in [5.41, 5.74) is 1.92. The molecular weight excluding hydrogens is 204 g/mol. The number of hydrogen-bond donors (Lipinski definition) is 0. The number of carbonyl (C=O) groups excluding carboxylic acids is 2. The standard InChI is InChI=1S/C12H14N2O2/c1-9-3-5-10(6-4-9)14-8-7-13(2)11(15)12(14)16/h3-6H,7-8H2,1-2H3. The Bertz CT molecular complexity index is 425. The Hall–Kier alpha value is -1.84. The van der Waals surface area contributed by atoms with E-state index in [2.05, 4.69) is 0 Å². The molecule has 84 valence electrons. The van der Waals surface area contributed by atoms with Crippen LogP contribution in [0.4, 0.5) is 5.69 Å². The zero-order valence-electron chi connectivity index (χ0n) is 9.43. The van der Waals surface area contributed by atoms with Gasteiger partial charge in [0.1, 0.15) is 0 Å². The number of benzene rings is 1. The van der Waals surface area contributed by atoms with Gasteiger partial charge in [-0.3, -0.25) is 9.59 Å². The third-order valence-electron chi connectivity index (χ3n) is 2.78. The average molecular weight is 218 g/mol. The maximum Gasteiger partial charge on any atom is 0.316 e. The highest BCUT2D eigenvalue weighted by atomic mass is 16.2. The Labute approximate surface area is 94.5 Å². The molecule has 1 aliphatic heterocycles. The maximum absolute atomic E-state index is 11.8. The Morgan fingerprint density at radius 3 is 2.25 bits per heavy atom. The first-order valence-corrected chi connectivity index (χ1v) is 5.23. The van der Waals surface area contributed by atoms with Crippen LogP contribution in [-0.4, -0.2) is 36.9 Å². The summed E-state index contributed by atoms with van der Waals surface area (Å²) in [4.78, 5) is 26.2. The lowest BCUT2D eigenvalue weighted by Crippen LogP contribution is -2.52. The number of piperazine rings is 1. The van der Waals surface area contributed by atoms with Crippen molar-refractivity contribution in [2.24, 2.45) is 0 Å². The van der Waals surface area contributed by atoms with Gasteiger partial charge in [0.2, 0.25) is 0 Å². The van der Waals surface area contributed by atoms with Gasteiger partial charge < -0.3 is 9.80 Å². The lowest BCUT2D eigenvalue weighted by molar-refractivity contribution is -0.145. The molecule has 0 unspecified atom stereocenters. The number of amides is 2. The monoisotopic (exact) mass is 218 g/mol. The third-order valence-corrected chi connectivity index (χ3v) is 2.78. The summed E-state index contributed by atoms with van der Waals surface area (Å²) < 4.78 is 0. The van der Waals surface area contributed by atoms with Gasteiger partial charge in [-0.15, -0.1) is 0 Å². The smallest absolute Gasteiger partial charge is 0.316 e. The molecule has 4 nitrogen and oxygen atoms in total. The van der Waals surface area contributed by atoms with E-state index in [1.807, 2.05) is 31.2 Å². The molecule has 1 heterocycles. The predicted molar refractivity (Wildman–Crippen MR) is 61.2 cm³/mol. The first kappa shape index (κ1) is 10.7. The molecule has 2 amide bonds. The molecule has 0 spiro atoms. The molecule has 0 saturated carbocycles. The maximum atomic E-state index is 11.8. The zero-order chi connectivity index (χ0) is 11.7. The fraction of sp³-hybridized carbons (Fsp3) is 0.333. The number of rotatable bonds is 1. The molecule has 2 rings (SSSR count). The van der Waals surface area contributed by atoms with Gasteiger partial charge >= 0.3 is 11.8 Å². The molecule has 0 radical (unpaired) electrons. The van der Waals surface area contributed by atoms with Crippen molar-refractivity contribution in [3.63, 3.8) is 0 Å². The summed E-state index contributed by atoms with van der Waals surface area (Å²) in [6.45, 7) is 3.13. The molecule has 1 aromatic carbocycles. The van der Waals surface area contributed by atoms with Gasteiger partial charge in [-0.05, 0) is 19.1 Å². The van der Waals surface area contributed by atoms with E-state index in [0.29, 0.717) is 13.1 Å². The van der Waals surface area contributed by atoms with E-state index in [-0.39, 0.29) is 0 Å². The van der Waals surface area contributed by atoms with Gasteiger partial charge in [0, 0.05) is 25.8 Å². The van der Waals surface area contributed by atoms with Crippen LogP contribution in [0.15, 0.2) is 24.3 Å². The highest BCUT2D eigenvalue weighted by Gasteiger charge is 2.30. The summed E-state index contributed by atoms with van der Waals surface area (Å²) in [5, 5.41) is 0. The first-order valence-electron chi connectivity index (χ1n) is 5.23. The summed E-state index contributed by atoms with van der Waals surface area (Å²) >= 11 is 0. The molecule has 0 bridgehead atoms. The average Bonchev–Trinajstić information content (AvgIpc) is 2.28. The topological polar surface area (TPSA) is 40.6 Å². The summed E-state index contributed by atoms with van der Waals surface area (Å²) in [6.07, 6.45) is 0. The summed E-state index contributed by atoms with van der Waals surface area (Å²) in [7, 11) is 1.65. The van der Waals surface area contributed by atoms with Crippen LogP contribution in [0.3, 0.4) is 0 Å². The number of carbonyl (C=O) groups is 2. The molecule has 1 aliphatic rings. The van der Waals surface area contributed by atoms with Crippen LogP contribution in [-0.2, 0) is 9.59 Å². The van der Waals surface area contributed by atoms with E-state index in [4.69, 9.17) is 0 Å². The van der Waals surface area contributed by atoms with Gasteiger partial charge in [-0.25, -0.2) is 0 Å². The number of aryl methyl sites for hydroxylation is 1. The van der Waals surface area contributed by atoms with Crippen molar-refractivity contribution in [2.45, 2.75) is 6.92 Å². The molecule has 1 saturated heterocycles. The fourth-order valence-corrected chi connectivity index (χ4v) is 1.70. The fourth-order valence-electron chi connectivity index (χ4n) is 1.70. The Morgan fingerprint density at radius 1 is 1.00 bits per heavy atom. The van der Waals surface area contributed by atoms with Gasteiger partial charge in [-0.1, -0.05) is 17.7 Å². The quantitative estimate of drug-likeness (QED) is 0.654. The molecule has 16 heavy (non-hydrogen) atoms. The van der Waals surface area contributed by atoms with Crippen LogP contribution in [0.5, 0.6) is 0 Å². The Kier molecular flexibility index (Phi) is 2.64. The SMILES string of the molecule is Cc1ccc(N2CCN(C)C(=O)C2=O)cc1. The lowest BCUT2D eigenvalue weighted by atomic mass is 10.2. The second-order valence-electron chi connectivity index (χ2n) is 4.02. The third kappa shape index (κ3) is 1.78. The Balaban J connectivity index is 2.25. The summed E-state index contributed by atoms with van der Waals surface area (Å²) in [5.74, 6) is -0.885. The normalized spacial score (nSPS) is 16.9. The highest BCUT2D eigenvalue weighted by Crippen LogP contribution is 2.17. The van der Waals surface area contributed by atoms with Crippen LogP contribution in [0.1, 0.15) is 5.56 Å². The minimum Gasteiger partial charge on any atom is -0.336 e. The van der Waals surface area contributed by atoms with E-state index in [0.717, 1.165) is 11.3 Å². The van der Waals surface area contributed by atoms with Crippen molar-refractivity contribution in [1.29, 1.82) is 0 Å².